The molecule has 2 N–H and O–H groups in total. The lowest BCUT2D eigenvalue weighted by Crippen LogP contribution is -2.46. The number of hydrogen-bond donors (Lipinski definition) is 2. The number of carboxylic acids is 1. The van der Waals surface area contributed by atoms with Crippen LogP contribution in [0.4, 0.5) is 5.69 Å². The van der Waals surface area contributed by atoms with Gasteiger partial charge in [0.05, 0.1) is 0 Å². The van der Waals surface area contributed by atoms with Crippen molar-refractivity contribution in [1.29, 1.82) is 0 Å². The fraction of sp³-hybridized carbons (Fsp3) is 0.611. The van der Waals surface area contributed by atoms with E-state index in [2.05, 4.69) is 19.2 Å². The minimum Gasteiger partial charge on any atom is -0.480 e. The summed E-state index contributed by atoms with van der Waals surface area (Å²) >= 11 is 0. The van der Waals surface area contributed by atoms with Gasteiger partial charge in [-0.15, -0.1) is 0 Å². The van der Waals surface area contributed by atoms with Crippen molar-refractivity contribution in [2.24, 2.45) is 5.41 Å². The molecular weight excluding hydrogens is 309 g/mol. The van der Waals surface area contributed by atoms with Crippen LogP contribution in [0, 0.1) is 5.41 Å². The largest absolute Gasteiger partial charge is 0.480 e. The maximum atomic E-state index is 12.3. The lowest BCUT2D eigenvalue weighted by Gasteiger charge is -2.31. The van der Waals surface area contributed by atoms with Gasteiger partial charge in [-0.25, -0.2) is 4.79 Å². The summed E-state index contributed by atoms with van der Waals surface area (Å²) in [5.74, 6) is -0.795. The van der Waals surface area contributed by atoms with Crippen molar-refractivity contribution >= 4 is 24.1 Å². The third-order valence-corrected chi connectivity index (χ3v) is 6.47. The smallest absolute Gasteiger partial charge is 0.329 e. The van der Waals surface area contributed by atoms with Crippen LogP contribution in [0.1, 0.15) is 46.0 Å². The van der Waals surface area contributed by atoms with Gasteiger partial charge in [0.2, 0.25) is 0 Å². The van der Waals surface area contributed by atoms with Gasteiger partial charge in [0, 0.05) is 11.0 Å². The zero-order valence-electron chi connectivity index (χ0n) is 14.6. The molecule has 1 unspecified atom stereocenters. The van der Waals surface area contributed by atoms with E-state index < -0.39 is 18.7 Å². The summed E-state index contributed by atoms with van der Waals surface area (Å²) in [6.45, 7) is 7.87. The molecule has 0 spiro atoms. The second-order valence-electron chi connectivity index (χ2n) is 7.93. The van der Waals surface area contributed by atoms with Crippen LogP contribution in [0.3, 0.4) is 0 Å². The van der Waals surface area contributed by atoms with Crippen molar-refractivity contribution in [2.75, 3.05) is 18.6 Å². The molecule has 0 aromatic heterocycles. The first-order chi connectivity index (χ1) is 10.5. The van der Waals surface area contributed by atoms with E-state index >= 15 is 0 Å². The van der Waals surface area contributed by atoms with Crippen LogP contribution < -0.4 is 10.6 Å². The molecule has 1 aromatic carbocycles. The molecule has 1 atom stereocenters. The van der Waals surface area contributed by atoms with Gasteiger partial charge in [-0.3, -0.25) is 0 Å². The summed E-state index contributed by atoms with van der Waals surface area (Å²) in [5, 5.41) is 13.9. The minimum absolute atomic E-state index is 0.184. The molecule has 0 saturated heterocycles. The van der Waals surface area contributed by atoms with E-state index in [-0.39, 0.29) is 5.41 Å². The molecule has 0 heterocycles. The molecule has 1 aliphatic carbocycles. The summed E-state index contributed by atoms with van der Waals surface area (Å²) in [6, 6.07) is 7.38. The predicted molar refractivity (Wildman–Crippen MR) is 96.4 cm³/mol. The number of hydrogen-bond acceptors (Lipinski definition) is 3. The highest BCUT2D eigenvalue weighted by Crippen LogP contribution is 2.40. The van der Waals surface area contributed by atoms with Gasteiger partial charge in [0.15, 0.2) is 0 Å². The van der Waals surface area contributed by atoms with Gasteiger partial charge in [-0.1, -0.05) is 26.0 Å². The lowest BCUT2D eigenvalue weighted by atomic mass is 9.83. The molecule has 0 bridgehead atoms. The van der Waals surface area contributed by atoms with Crippen molar-refractivity contribution < 1.29 is 14.5 Å². The summed E-state index contributed by atoms with van der Waals surface area (Å²) < 4.78 is 12.3. The average molecular weight is 337 g/mol. The summed E-state index contributed by atoms with van der Waals surface area (Å²) in [5.41, 5.74) is -0.00487. The number of benzene rings is 1. The second-order valence-corrected chi connectivity index (χ2v) is 11.1. The van der Waals surface area contributed by atoms with E-state index in [9.17, 15) is 14.5 Å². The third-order valence-electron chi connectivity index (χ3n) is 4.95. The zero-order chi connectivity index (χ0) is 17.3. The Hall–Kier alpha value is -1.28. The van der Waals surface area contributed by atoms with Crippen molar-refractivity contribution in [1.82, 2.24) is 0 Å². The predicted octanol–water partition coefficient (Wildman–Crippen LogP) is 4.16. The molecule has 0 amide bonds. The van der Waals surface area contributed by atoms with E-state index in [4.69, 9.17) is 0 Å². The summed E-state index contributed by atoms with van der Waals surface area (Å²) in [6.07, 6.45) is 4.04. The minimum atomic E-state index is -2.36. The van der Waals surface area contributed by atoms with Crippen molar-refractivity contribution in [3.8, 4) is 0 Å². The van der Waals surface area contributed by atoms with Gasteiger partial charge < -0.3 is 15.0 Å². The zero-order valence-corrected chi connectivity index (χ0v) is 15.5. The topological polar surface area (TPSA) is 66.4 Å². The van der Waals surface area contributed by atoms with Crippen LogP contribution in [0.5, 0.6) is 0 Å². The third kappa shape index (κ3) is 4.38. The van der Waals surface area contributed by atoms with Gasteiger partial charge in [-0.2, -0.15) is 0 Å². The van der Waals surface area contributed by atoms with E-state index in [0.29, 0.717) is 12.8 Å². The van der Waals surface area contributed by atoms with Crippen LogP contribution >= 0.6 is 7.14 Å². The molecule has 1 fully saturated rings. The van der Waals surface area contributed by atoms with E-state index in [0.717, 1.165) is 30.3 Å². The molecule has 1 saturated carbocycles. The Morgan fingerprint density at radius 3 is 2.48 bits per heavy atom. The molecule has 1 aromatic rings. The SMILES string of the molecule is CC1(C)CCCC(Nc2cccc(P(C)(C)=O)c2)(C(=O)O)CC1. The van der Waals surface area contributed by atoms with Gasteiger partial charge in [0.25, 0.3) is 0 Å². The van der Waals surface area contributed by atoms with E-state index in [1.54, 1.807) is 13.3 Å². The monoisotopic (exact) mass is 337 g/mol. The van der Waals surface area contributed by atoms with Crippen LogP contribution in [0.25, 0.3) is 0 Å². The highest BCUT2D eigenvalue weighted by Gasteiger charge is 2.41. The van der Waals surface area contributed by atoms with Crippen molar-refractivity contribution in [3.05, 3.63) is 24.3 Å². The molecule has 0 aliphatic heterocycles. The quantitative estimate of drug-likeness (QED) is 0.639. The Balaban J connectivity index is 2.30. The molecule has 1 aliphatic rings. The Morgan fingerprint density at radius 1 is 1.17 bits per heavy atom. The van der Waals surface area contributed by atoms with E-state index in [1.165, 1.54) is 0 Å². The fourth-order valence-electron chi connectivity index (χ4n) is 3.26. The molecule has 5 heteroatoms. The molecule has 4 nitrogen and oxygen atoms in total. The van der Waals surface area contributed by atoms with Gasteiger partial charge in [0.1, 0.15) is 12.7 Å². The van der Waals surface area contributed by atoms with E-state index in [1.807, 2.05) is 24.3 Å². The Labute approximate surface area is 139 Å². The molecule has 2 rings (SSSR count). The average Bonchev–Trinajstić information content (AvgIpc) is 2.58. The van der Waals surface area contributed by atoms with Crippen LogP contribution in [0.15, 0.2) is 24.3 Å². The number of carbonyl (C=O) groups is 1. The maximum Gasteiger partial charge on any atom is 0.329 e. The lowest BCUT2D eigenvalue weighted by molar-refractivity contribution is -0.142. The van der Waals surface area contributed by atoms with Gasteiger partial charge in [-0.05, 0) is 63.0 Å². The highest BCUT2D eigenvalue weighted by molar-refractivity contribution is 7.70. The normalized spacial score (nSPS) is 24.7. The fourth-order valence-corrected chi connectivity index (χ4v) is 4.15. The van der Waals surface area contributed by atoms with Crippen molar-refractivity contribution in [3.63, 3.8) is 0 Å². The number of aliphatic carboxylic acids is 1. The van der Waals surface area contributed by atoms with Gasteiger partial charge >= 0.3 is 5.97 Å². The molecule has 23 heavy (non-hydrogen) atoms. The highest BCUT2D eigenvalue weighted by atomic mass is 31.2. The maximum absolute atomic E-state index is 12.3. The van der Waals surface area contributed by atoms with Crippen LogP contribution in [-0.4, -0.2) is 29.9 Å². The number of nitrogens with one attached hydrogen (secondary N) is 1. The number of carboxylic acid groups (broad SMARTS) is 1. The summed E-state index contributed by atoms with van der Waals surface area (Å²) in [4.78, 5) is 12.0. The molecular formula is C18H28NO3P. The van der Waals surface area contributed by atoms with Crippen LogP contribution in [0.2, 0.25) is 0 Å². The Kier molecular flexibility index (Phi) is 4.96. The van der Waals surface area contributed by atoms with Crippen LogP contribution in [-0.2, 0) is 9.36 Å². The first kappa shape index (κ1) is 18.1. The number of anilines is 1. The first-order valence-electron chi connectivity index (χ1n) is 8.21. The standard InChI is InChI=1S/C18H28NO3P/c1-17(2)9-6-10-18(12-11-17,16(20)21)19-14-7-5-8-15(13-14)23(3,4)22/h5,7-8,13,19H,6,9-12H2,1-4H3,(H,20,21). The second kappa shape index (κ2) is 6.32. The van der Waals surface area contributed by atoms with Crippen molar-refractivity contribution in [2.45, 2.75) is 51.5 Å². The first-order valence-corrected chi connectivity index (χ1v) is 10.8. The summed E-state index contributed by atoms with van der Waals surface area (Å²) in [7, 11) is -2.36. The molecule has 0 radical (unpaired) electrons. The molecule has 128 valence electrons. The Morgan fingerprint density at radius 2 is 1.87 bits per heavy atom. The Bertz CT molecular complexity index is 635. The number of rotatable bonds is 4.